The Balaban J connectivity index is 1.31. The van der Waals surface area contributed by atoms with Gasteiger partial charge in [0, 0.05) is 30.5 Å². The zero-order valence-corrected chi connectivity index (χ0v) is 21.4. The molecule has 0 unspecified atom stereocenters. The number of nitrogens with zero attached hydrogens (tertiary/aromatic N) is 2. The van der Waals surface area contributed by atoms with Crippen LogP contribution in [0.5, 0.6) is 5.75 Å². The molecule has 188 valence electrons. The fourth-order valence-electron chi connectivity index (χ4n) is 5.64. The van der Waals surface area contributed by atoms with Crippen LogP contribution in [0.2, 0.25) is 0 Å². The second kappa shape index (κ2) is 11.1. The van der Waals surface area contributed by atoms with E-state index in [-0.39, 0.29) is 36.4 Å². The molecule has 2 atom stereocenters. The number of ether oxygens (including phenoxy) is 2. The Bertz CT molecular complexity index is 1010. The van der Waals surface area contributed by atoms with Crippen LogP contribution in [-0.4, -0.2) is 60.6 Å². The first kappa shape index (κ1) is 24.3. The van der Waals surface area contributed by atoms with Gasteiger partial charge in [0.25, 0.3) is 0 Å². The summed E-state index contributed by atoms with van der Waals surface area (Å²) >= 11 is 1.75. The number of thiophene rings is 1. The van der Waals surface area contributed by atoms with Gasteiger partial charge in [-0.25, -0.2) is 0 Å². The highest BCUT2D eigenvalue weighted by Gasteiger charge is 2.36. The molecule has 2 aromatic rings. The number of benzene rings is 1. The molecular weight excluding hydrogens is 460 g/mol. The molecular formula is C28H36N2O4S. The summed E-state index contributed by atoms with van der Waals surface area (Å²) in [5.74, 6) is 0.993. The van der Waals surface area contributed by atoms with E-state index in [2.05, 4.69) is 18.4 Å². The largest absolute Gasteiger partial charge is 0.491 e. The predicted molar refractivity (Wildman–Crippen MR) is 137 cm³/mol. The van der Waals surface area contributed by atoms with E-state index >= 15 is 0 Å². The molecule has 35 heavy (non-hydrogen) atoms. The molecule has 1 saturated heterocycles. The van der Waals surface area contributed by atoms with Crippen LogP contribution >= 0.6 is 11.3 Å². The van der Waals surface area contributed by atoms with Crippen LogP contribution < -0.4 is 4.74 Å². The number of hydrogen-bond acceptors (Lipinski definition) is 5. The zero-order valence-electron chi connectivity index (χ0n) is 20.6. The molecule has 3 aliphatic rings. The summed E-state index contributed by atoms with van der Waals surface area (Å²) in [7, 11) is 0. The van der Waals surface area contributed by atoms with Gasteiger partial charge in [0.1, 0.15) is 12.4 Å². The van der Waals surface area contributed by atoms with Crippen molar-refractivity contribution in [1.29, 1.82) is 0 Å². The summed E-state index contributed by atoms with van der Waals surface area (Å²) in [6, 6.07) is 9.99. The van der Waals surface area contributed by atoms with Crippen LogP contribution in [0.25, 0.3) is 0 Å². The topological polar surface area (TPSA) is 59.1 Å². The van der Waals surface area contributed by atoms with Crippen LogP contribution in [0.15, 0.2) is 35.7 Å². The van der Waals surface area contributed by atoms with Crippen molar-refractivity contribution in [1.82, 2.24) is 9.80 Å². The Hall–Kier alpha value is -2.38. The number of hydrogen-bond donors (Lipinski definition) is 0. The van der Waals surface area contributed by atoms with Gasteiger partial charge in [0.05, 0.1) is 18.7 Å². The van der Waals surface area contributed by atoms with Gasteiger partial charge in [-0.3, -0.25) is 9.59 Å². The smallest absolute Gasteiger partial charge is 0.242 e. The Kier molecular flexibility index (Phi) is 7.73. The minimum absolute atomic E-state index is 0.00343. The standard InChI is InChI=1S/C28H36N2O4S/c1-20-8-10-22(11-9-20)34-19-25-24-13-16-35-26(24)12-14-30(25)27(31)18-29(17-23-7-4-15-33-23)28(32)21-5-2-3-6-21/h8-11,13,16,21,23,25H,2-7,12,14-15,17-19H2,1H3/t23-,25-/m0/s1. The quantitative estimate of drug-likeness (QED) is 0.529. The number of aryl methyl sites for hydroxylation is 1. The summed E-state index contributed by atoms with van der Waals surface area (Å²) in [6.45, 7) is 4.49. The molecule has 0 bridgehead atoms. The van der Waals surface area contributed by atoms with Crippen molar-refractivity contribution in [3.05, 3.63) is 51.7 Å². The minimum Gasteiger partial charge on any atom is -0.491 e. The molecule has 0 radical (unpaired) electrons. The van der Waals surface area contributed by atoms with Crippen LogP contribution in [0.1, 0.15) is 60.6 Å². The van der Waals surface area contributed by atoms with E-state index < -0.39 is 0 Å². The van der Waals surface area contributed by atoms with Crippen LogP contribution in [0.4, 0.5) is 0 Å². The maximum Gasteiger partial charge on any atom is 0.242 e. The maximum absolute atomic E-state index is 13.7. The number of carbonyl (C=O) groups is 2. The third-order valence-corrected chi connectivity index (χ3v) is 8.63. The van der Waals surface area contributed by atoms with E-state index in [4.69, 9.17) is 9.47 Å². The summed E-state index contributed by atoms with van der Waals surface area (Å²) < 4.78 is 12.0. The van der Waals surface area contributed by atoms with Gasteiger partial charge < -0.3 is 19.3 Å². The van der Waals surface area contributed by atoms with E-state index in [0.29, 0.717) is 19.7 Å². The van der Waals surface area contributed by atoms with Crippen molar-refractivity contribution in [2.45, 2.75) is 64.0 Å². The van der Waals surface area contributed by atoms with E-state index in [1.165, 1.54) is 16.0 Å². The number of fused-ring (bicyclic) bond motifs is 1. The van der Waals surface area contributed by atoms with Gasteiger partial charge in [-0.2, -0.15) is 0 Å². The first-order valence-corrected chi connectivity index (χ1v) is 13.9. The molecule has 2 aliphatic heterocycles. The fourth-order valence-corrected chi connectivity index (χ4v) is 6.56. The van der Waals surface area contributed by atoms with E-state index in [0.717, 1.165) is 57.3 Å². The zero-order chi connectivity index (χ0) is 24.2. The summed E-state index contributed by atoms with van der Waals surface area (Å²) in [5, 5.41) is 2.10. The molecule has 0 N–H and O–H groups in total. The van der Waals surface area contributed by atoms with Crippen LogP contribution in [0, 0.1) is 12.8 Å². The van der Waals surface area contributed by atoms with Gasteiger partial charge in [-0.15, -0.1) is 11.3 Å². The second-order valence-corrected chi connectivity index (χ2v) is 11.1. The lowest BCUT2D eigenvalue weighted by atomic mass is 10.00. The first-order valence-electron chi connectivity index (χ1n) is 13.0. The van der Waals surface area contributed by atoms with Crippen LogP contribution in [0.3, 0.4) is 0 Å². The molecule has 1 aromatic carbocycles. The van der Waals surface area contributed by atoms with Gasteiger partial charge in [-0.05, 0) is 68.2 Å². The van der Waals surface area contributed by atoms with Gasteiger partial charge in [-0.1, -0.05) is 30.5 Å². The fraction of sp³-hybridized carbons (Fsp3) is 0.571. The van der Waals surface area contributed by atoms with Crippen molar-refractivity contribution >= 4 is 23.2 Å². The second-order valence-electron chi connectivity index (χ2n) is 10.1. The molecule has 7 heteroatoms. The van der Waals surface area contributed by atoms with Crippen molar-refractivity contribution in [3.8, 4) is 5.75 Å². The molecule has 1 aromatic heterocycles. The predicted octanol–water partition coefficient (Wildman–Crippen LogP) is 4.76. The average Bonchev–Trinajstić information content (AvgIpc) is 3.65. The Morgan fingerprint density at radius 1 is 1.11 bits per heavy atom. The number of rotatable bonds is 8. The molecule has 0 spiro atoms. The van der Waals surface area contributed by atoms with Gasteiger partial charge >= 0.3 is 0 Å². The lowest BCUT2D eigenvalue weighted by molar-refractivity contribution is -0.146. The van der Waals surface area contributed by atoms with E-state index in [9.17, 15) is 9.59 Å². The van der Waals surface area contributed by atoms with Crippen LogP contribution in [-0.2, 0) is 20.7 Å². The van der Waals surface area contributed by atoms with E-state index in [1.807, 2.05) is 29.2 Å². The summed E-state index contributed by atoms with van der Waals surface area (Å²) in [6.07, 6.45) is 6.94. The third kappa shape index (κ3) is 5.72. The molecule has 2 fully saturated rings. The number of carbonyl (C=O) groups excluding carboxylic acids is 2. The Labute approximate surface area is 212 Å². The molecule has 5 rings (SSSR count). The van der Waals surface area contributed by atoms with Crippen molar-refractivity contribution in [2.24, 2.45) is 5.92 Å². The molecule has 2 amide bonds. The highest BCUT2D eigenvalue weighted by atomic mass is 32.1. The molecule has 6 nitrogen and oxygen atoms in total. The minimum atomic E-state index is -0.148. The maximum atomic E-state index is 13.7. The molecule has 3 heterocycles. The van der Waals surface area contributed by atoms with Crippen molar-refractivity contribution < 1.29 is 19.1 Å². The van der Waals surface area contributed by atoms with E-state index in [1.54, 1.807) is 16.2 Å². The van der Waals surface area contributed by atoms with Gasteiger partial charge in [0.2, 0.25) is 11.8 Å². The molecule has 1 aliphatic carbocycles. The SMILES string of the molecule is Cc1ccc(OC[C@H]2c3ccsc3CCN2C(=O)CN(C[C@@H]2CCCO2)C(=O)C2CCCC2)cc1. The van der Waals surface area contributed by atoms with Crippen molar-refractivity contribution in [2.75, 3.05) is 32.8 Å². The first-order chi connectivity index (χ1) is 17.1. The third-order valence-electron chi connectivity index (χ3n) is 7.63. The van der Waals surface area contributed by atoms with Gasteiger partial charge in [0.15, 0.2) is 0 Å². The average molecular weight is 497 g/mol. The highest BCUT2D eigenvalue weighted by Crippen LogP contribution is 2.34. The summed E-state index contributed by atoms with van der Waals surface area (Å²) in [5.41, 5.74) is 2.36. The highest BCUT2D eigenvalue weighted by molar-refractivity contribution is 7.10. The summed E-state index contributed by atoms with van der Waals surface area (Å²) in [4.78, 5) is 32.2. The molecule has 1 saturated carbocycles. The number of amides is 2. The monoisotopic (exact) mass is 496 g/mol. The normalized spacial score (nSPS) is 22.3. The van der Waals surface area contributed by atoms with Crippen molar-refractivity contribution in [3.63, 3.8) is 0 Å². The lowest BCUT2D eigenvalue weighted by Crippen LogP contribution is -2.50. The lowest BCUT2D eigenvalue weighted by Gasteiger charge is -2.37. The Morgan fingerprint density at radius 3 is 2.66 bits per heavy atom. The Morgan fingerprint density at radius 2 is 1.91 bits per heavy atom.